The number of hydrogen-bond acceptors (Lipinski definition) is 8. The van der Waals surface area contributed by atoms with Gasteiger partial charge in [0.2, 0.25) is 12.2 Å². The Morgan fingerprint density at radius 3 is 1.55 bits per heavy atom. The summed E-state index contributed by atoms with van der Waals surface area (Å²) in [5.41, 5.74) is 0. The molecule has 0 fully saturated rings. The van der Waals surface area contributed by atoms with E-state index in [0.29, 0.717) is 38.8 Å². The zero-order chi connectivity index (χ0) is 16.5. The molecule has 0 saturated carbocycles. The van der Waals surface area contributed by atoms with Gasteiger partial charge in [-0.3, -0.25) is 0 Å². The second-order valence-corrected chi connectivity index (χ2v) is 4.03. The fourth-order valence-corrected chi connectivity index (χ4v) is 1.25. The largest absolute Gasteiger partial charge is 0.463 e. The van der Waals surface area contributed by atoms with Gasteiger partial charge in [0.15, 0.2) is 0 Å². The number of isocyanates is 2. The van der Waals surface area contributed by atoms with Crippen LogP contribution in [0.2, 0.25) is 0 Å². The number of hydrogen-bond donors (Lipinski definition) is 0. The van der Waals surface area contributed by atoms with Crippen molar-refractivity contribution in [2.75, 3.05) is 26.3 Å². The van der Waals surface area contributed by atoms with E-state index in [4.69, 9.17) is 9.47 Å². The van der Waals surface area contributed by atoms with Gasteiger partial charge in [-0.05, 0) is 25.7 Å². The van der Waals surface area contributed by atoms with E-state index in [1.54, 1.807) is 0 Å². The molecule has 8 heteroatoms. The van der Waals surface area contributed by atoms with Crippen molar-refractivity contribution >= 4 is 24.1 Å². The third-order valence-electron chi connectivity index (χ3n) is 2.30. The molecule has 0 aromatic rings. The van der Waals surface area contributed by atoms with E-state index < -0.39 is 11.9 Å². The van der Waals surface area contributed by atoms with Gasteiger partial charge in [-0.15, -0.1) is 0 Å². The summed E-state index contributed by atoms with van der Waals surface area (Å²) in [7, 11) is 0. The molecule has 0 spiro atoms. The quantitative estimate of drug-likeness (QED) is 0.174. The summed E-state index contributed by atoms with van der Waals surface area (Å²) in [6.45, 7) is 1.07. The first-order valence-corrected chi connectivity index (χ1v) is 6.79. The predicted octanol–water partition coefficient (Wildman–Crippen LogP) is 0.861. The molecule has 22 heavy (non-hydrogen) atoms. The minimum atomic E-state index is -0.642. The zero-order valence-electron chi connectivity index (χ0n) is 12.2. The number of nitrogens with zero attached hydrogens (tertiary/aromatic N) is 2. The first-order valence-electron chi connectivity index (χ1n) is 6.79. The zero-order valence-corrected chi connectivity index (χ0v) is 12.2. The van der Waals surface area contributed by atoms with E-state index in [1.807, 2.05) is 0 Å². The molecule has 0 amide bonds. The summed E-state index contributed by atoms with van der Waals surface area (Å²) < 4.78 is 9.64. The maximum atomic E-state index is 11.2. The average Bonchev–Trinajstić information content (AvgIpc) is 2.52. The minimum Gasteiger partial charge on any atom is -0.463 e. The smallest absolute Gasteiger partial charge is 0.331 e. The van der Waals surface area contributed by atoms with Crippen molar-refractivity contribution in [3.05, 3.63) is 12.2 Å². The van der Waals surface area contributed by atoms with Gasteiger partial charge in [0.05, 0.1) is 26.3 Å². The Balaban J connectivity index is 3.62. The van der Waals surface area contributed by atoms with Crippen molar-refractivity contribution < 1.29 is 28.7 Å². The first-order chi connectivity index (χ1) is 10.7. The van der Waals surface area contributed by atoms with E-state index in [2.05, 4.69) is 9.98 Å². The SMILES string of the molecule is O=C=NCCCCOC(=O)/C=C/C(=O)OCCCCN=C=O. The fourth-order valence-electron chi connectivity index (χ4n) is 1.25. The number of carbonyl (C=O) groups excluding carboxylic acids is 4. The van der Waals surface area contributed by atoms with Gasteiger partial charge in [0.1, 0.15) is 0 Å². The molecule has 0 saturated heterocycles. The number of esters is 2. The van der Waals surface area contributed by atoms with Crippen LogP contribution in [0.5, 0.6) is 0 Å². The summed E-state index contributed by atoms with van der Waals surface area (Å²) in [5, 5.41) is 0. The van der Waals surface area contributed by atoms with Crippen molar-refractivity contribution in [1.29, 1.82) is 0 Å². The molecule has 0 aliphatic heterocycles. The highest BCUT2D eigenvalue weighted by atomic mass is 16.5. The van der Waals surface area contributed by atoms with Crippen molar-refractivity contribution in [2.45, 2.75) is 25.7 Å². The highest BCUT2D eigenvalue weighted by Crippen LogP contribution is 1.94. The Bertz CT molecular complexity index is 420. The molecule has 0 bridgehead atoms. The lowest BCUT2D eigenvalue weighted by molar-refractivity contribution is -0.140. The molecule has 0 heterocycles. The second-order valence-electron chi connectivity index (χ2n) is 4.03. The summed E-state index contributed by atoms with van der Waals surface area (Å²) in [6.07, 6.45) is 7.17. The lowest BCUT2D eigenvalue weighted by atomic mass is 10.3. The van der Waals surface area contributed by atoms with Gasteiger partial charge in [-0.2, -0.15) is 0 Å². The van der Waals surface area contributed by atoms with Gasteiger partial charge in [-0.1, -0.05) is 0 Å². The number of rotatable bonds is 12. The van der Waals surface area contributed by atoms with Crippen molar-refractivity contribution in [1.82, 2.24) is 0 Å². The molecule has 0 atom stereocenters. The van der Waals surface area contributed by atoms with Crippen LogP contribution in [0.4, 0.5) is 0 Å². The van der Waals surface area contributed by atoms with Gasteiger partial charge in [0.25, 0.3) is 0 Å². The molecule has 8 nitrogen and oxygen atoms in total. The average molecular weight is 310 g/mol. The summed E-state index contributed by atoms with van der Waals surface area (Å²) in [4.78, 5) is 48.7. The Kier molecular flexibility index (Phi) is 13.1. The van der Waals surface area contributed by atoms with Crippen LogP contribution < -0.4 is 0 Å². The van der Waals surface area contributed by atoms with Gasteiger partial charge >= 0.3 is 11.9 Å². The molecule has 0 unspecified atom stereocenters. The fraction of sp³-hybridized carbons (Fsp3) is 0.571. The van der Waals surface area contributed by atoms with Crippen LogP contribution in [0.15, 0.2) is 22.1 Å². The molecule has 0 aliphatic carbocycles. The molecule has 0 rings (SSSR count). The van der Waals surface area contributed by atoms with Crippen molar-refractivity contribution in [2.24, 2.45) is 9.98 Å². The van der Waals surface area contributed by atoms with E-state index in [1.165, 1.54) is 12.2 Å². The third-order valence-corrected chi connectivity index (χ3v) is 2.30. The Morgan fingerprint density at radius 1 is 0.773 bits per heavy atom. The standard InChI is InChI=1S/C14H18N2O6/c17-11-15-7-1-3-9-21-13(19)5-6-14(20)22-10-4-2-8-16-12-18/h5-6H,1-4,7-10H2/b6-5+. The molecule has 0 radical (unpaired) electrons. The molecule has 0 N–H and O–H groups in total. The van der Waals surface area contributed by atoms with Crippen molar-refractivity contribution in [3.8, 4) is 0 Å². The first kappa shape index (κ1) is 19.4. The molecule has 0 aromatic heterocycles. The van der Waals surface area contributed by atoms with Crippen LogP contribution in [-0.2, 0) is 28.7 Å². The third kappa shape index (κ3) is 13.9. The van der Waals surface area contributed by atoms with Gasteiger partial charge in [0, 0.05) is 12.2 Å². The Morgan fingerprint density at radius 2 is 1.18 bits per heavy atom. The maximum absolute atomic E-state index is 11.2. The summed E-state index contributed by atoms with van der Waals surface area (Å²) >= 11 is 0. The molecular weight excluding hydrogens is 292 g/mol. The minimum absolute atomic E-state index is 0.184. The van der Waals surface area contributed by atoms with Gasteiger partial charge in [-0.25, -0.2) is 29.2 Å². The van der Waals surface area contributed by atoms with Crippen LogP contribution >= 0.6 is 0 Å². The number of carbonyl (C=O) groups is 2. The predicted molar refractivity (Wildman–Crippen MR) is 75.5 cm³/mol. The van der Waals surface area contributed by atoms with Crippen LogP contribution in [0, 0.1) is 0 Å². The topological polar surface area (TPSA) is 111 Å². The summed E-state index contributed by atoms with van der Waals surface area (Å²) in [5.74, 6) is -1.28. The number of aliphatic imine (C=N–C) groups is 2. The lowest BCUT2D eigenvalue weighted by Crippen LogP contribution is -2.06. The highest BCUT2D eigenvalue weighted by molar-refractivity contribution is 5.91. The van der Waals surface area contributed by atoms with E-state index in [-0.39, 0.29) is 13.2 Å². The van der Waals surface area contributed by atoms with Crippen LogP contribution in [-0.4, -0.2) is 50.4 Å². The second kappa shape index (κ2) is 14.8. The molecule has 0 aliphatic rings. The van der Waals surface area contributed by atoms with Crippen molar-refractivity contribution in [3.63, 3.8) is 0 Å². The van der Waals surface area contributed by atoms with E-state index >= 15 is 0 Å². The van der Waals surface area contributed by atoms with E-state index in [9.17, 15) is 19.2 Å². The van der Waals surface area contributed by atoms with Crippen LogP contribution in [0.1, 0.15) is 25.7 Å². The van der Waals surface area contributed by atoms with Crippen LogP contribution in [0.25, 0.3) is 0 Å². The Hall–Kier alpha value is -2.56. The van der Waals surface area contributed by atoms with E-state index in [0.717, 1.165) is 12.2 Å². The Labute approximate surface area is 127 Å². The van der Waals surface area contributed by atoms with Gasteiger partial charge < -0.3 is 9.47 Å². The molecular formula is C14H18N2O6. The normalized spacial score (nSPS) is 9.64. The maximum Gasteiger partial charge on any atom is 0.331 e. The summed E-state index contributed by atoms with van der Waals surface area (Å²) in [6, 6.07) is 0. The lowest BCUT2D eigenvalue weighted by Gasteiger charge is -2.01. The highest BCUT2D eigenvalue weighted by Gasteiger charge is 2.01. The monoisotopic (exact) mass is 310 g/mol. The molecule has 0 aromatic carbocycles. The molecule has 120 valence electrons. The van der Waals surface area contributed by atoms with Crippen LogP contribution in [0.3, 0.4) is 0 Å². The number of ether oxygens (including phenoxy) is 2. The number of unbranched alkanes of at least 4 members (excludes halogenated alkanes) is 2.